The molecule has 2 N–H and O–H groups in total. The summed E-state index contributed by atoms with van der Waals surface area (Å²) < 4.78 is 12.4. The topological polar surface area (TPSA) is 50.7 Å². The van der Waals surface area contributed by atoms with Crippen LogP contribution in [0.5, 0.6) is 0 Å². The molecule has 0 radical (unpaired) electrons. The molecule has 0 aliphatic carbocycles. The first-order valence-corrected chi connectivity index (χ1v) is 8.82. The lowest BCUT2D eigenvalue weighted by atomic mass is 9.72. The zero-order valence-electron chi connectivity index (χ0n) is 16.2. The lowest BCUT2D eigenvalue weighted by Gasteiger charge is -2.43. The van der Waals surface area contributed by atoms with Crippen molar-refractivity contribution in [3.8, 4) is 0 Å². The van der Waals surface area contributed by atoms with Crippen LogP contribution in [-0.2, 0) is 9.31 Å². The summed E-state index contributed by atoms with van der Waals surface area (Å²) in [6, 6.07) is 4.26. The molecule has 2 atom stereocenters. The van der Waals surface area contributed by atoms with Crippen LogP contribution in [0, 0.1) is 6.92 Å². The van der Waals surface area contributed by atoms with Gasteiger partial charge in [-0.25, -0.2) is 0 Å². The summed E-state index contributed by atoms with van der Waals surface area (Å²) in [6.45, 7) is 16.5. The molecule has 132 valence electrons. The first-order chi connectivity index (χ1) is 10.9. The van der Waals surface area contributed by atoms with Crippen LogP contribution in [-0.4, -0.2) is 35.1 Å². The van der Waals surface area contributed by atoms with Crippen molar-refractivity contribution in [2.45, 2.75) is 84.2 Å². The predicted octanol–water partition coefficient (Wildman–Crippen LogP) is 2.96. The molecule has 24 heavy (non-hydrogen) atoms. The van der Waals surface area contributed by atoms with Crippen molar-refractivity contribution >= 4 is 18.3 Å². The molecule has 5 heteroatoms. The van der Waals surface area contributed by atoms with Gasteiger partial charge in [0.15, 0.2) is 0 Å². The van der Waals surface area contributed by atoms with Gasteiger partial charge in [-0.1, -0.05) is 19.1 Å². The Kier molecular flexibility index (Phi) is 3.87. The second kappa shape index (κ2) is 5.23. The third-order valence-electron chi connectivity index (χ3n) is 6.06. The minimum Gasteiger partial charge on any atom is -0.399 e. The third-order valence-corrected chi connectivity index (χ3v) is 6.06. The standard InChI is InChI=1S/C19H30BNO3/c1-11-9-13(20-23-18(5,6)19(7,8)24-20)10-14-12(2)16(22)17(3,4)21-15(11)14/h9-10,12,16,21-22H,1-8H3. The molecule has 1 fully saturated rings. The quantitative estimate of drug-likeness (QED) is 0.777. The van der Waals surface area contributed by atoms with Crippen LogP contribution >= 0.6 is 0 Å². The van der Waals surface area contributed by atoms with E-state index in [2.05, 4.69) is 59.0 Å². The zero-order valence-corrected chi connectivity index (χ0v) is 16.2. The van der Waals surface area contributed by atoms with Crippen LogP contribution in [0.1, 0.15) is 65.5 Å². The van der Waals surface area contributed by atoms with Gasteiger partial charge in [0.05, 0.1) is 22.8 Å². The summed E-state index contributed by atoms with van der Waals surface area (Å²) in [7, 11) is -0.377. The van der Waals surface area contributed by atoms with Gasteiger partial charge in [-0.05, 0) is 65.1 Å². The SMILES string of the molecule is Cc1cc(B2OC(C)(C)C(C)(C)O2)cc2c1NC(C)(C)C(O)C2C. The van der Waals surface area contributed by atoms with Gasteiger partial charge in [0.1, 0.15) is 0 Å². The molecule has 2 heterocycles. The number of hydrogen-bond acceptors (Lipinski definition) is 4. The van der Waals surface area contributed by atoms with Crippen LogP contribution in [0.2, 0.25) is 0 Å². The number of hydrogen-bond donors (Lipinski definition) is 2. The molecule has 0 bridgehead atoms. The number of nitrogens with one attached hydrogen (secondary N) is 1. The van der Waals surface area contributed by atoms with Gasteiger partial charge in [0.25, 0.3) is 0 Å². The molecule has 2 aliphatic heterocycles. The monoisotopic (exact) mass is 331 g/mol. The van der Waals surface area contributed by atoms with Crippen molar-refractivity contribution in [2.75, 3.05) is 5.32 Å². The van der Waals surface area contributed by atoms with E-state index < -0.39 is 6.10 Å². The fourth-order valence-corrected chi connectivity index (χ4v) is 3.68. The second-order valence-corrected chi connectivity index (χ2v) is 8.97. The highest BCUT2D eigenvalue weighted by atomic mass is 16.7. The smallest absolute Gasteiger partial charge is 0.399 e. The molecule has 0 saturated carbocycles. The molecular formula is C19H30BNO3. The Hall–Kier alpha value is -1.04. The molecular weight excluding hydrogens is 301 g/mol. The Morgan fingerprint density at radius 3 is 2.12 bits per heavy atom. The van der Waals surface area contributed by atoms with Crippen molar-refractivity contribution in [1.82, 2.24) is 0 Å². The van der Waals surface area contributed by atoms with Crippen molar-refractivity contribution in [3.05, 3.63) is 23.3 Å². The Bertz CT molecular complexity index is 653. The first-order valence-electron chi connectivity index (χ1n) is 8.82. The molecule has 3 rings (SSSR count). The zero-order chi connectivity index (χ0) is 18.1. The van der Waals surface area contributed by atoms with Gasteiger partial charge < -0.3 is 19.7 Å². The van der Waals surface area contributed by atoms with Crippen LogP contribution in [0.25, 0.3) is 0 Å². The second-order valence-electron chi connectivity index (χ2n) is 8.97. The minimum atomic E-state index is -0.446. The van der Waals surface area contributed by atoms with Crippen molar-refractivity contribution in [3.63, 3.8) is 0 Å². The molecule has 2 aliphatic rings. The maximum Gasteiger partial charge on any atom is 0.494 e. The maximum atomic E-state index is 10.6. The van der Waals surface area contributed by atoms with E-state index in [9.17, 15) is 5.11 Å². The molecule has 1 aromatic rings. The van der Waals surface area contributed by atoms with Crippen molar-refractivity contribution in [1.29, 1.82) is 0 Å². The number of benzene rings is 1. The summed E-state index contributed by atoms with van der Waals surface area (Å²) in [5.41, 5.74) is 3.38. The van der Waals surface area contributed by atoms with Crippen molar-refractivity contribution in [2.24, 2.45) is 0 Å². The summed E-state index contributed by atoms with van der Waals surface area (Å²) in [5, 5.41) is 14.1. The number of fused-ring (bicyclic) bond motifs is 1. The molecule has 1 aromatic carbocycles. The molecule has 4 nitrogen and oxygen atoms in total. The Balaban J connectivity index is 2.02. The Morgan fingerprint density at radius 2 is 1.58 bits per heavy atom. The number of anilines is 1. The lowest BCUT2D eigenvalue weighted by molar-refractivity contribution is 0.00578. The Morgan fingerprint density at radius 1 is 1.04 bits per heavy atom. The average molecular weight is 331 g/mol. The van der Waals surface area contributed by atoms with Gasteiger partial charge in [-0.2, -0.15) is 0 Å². The largest absolute Gasteiger partial charge is 0.494 e. The van der Waals surface area contributed by atoms with Gasteiger partial charge in [0, 0.05) is 11.6 Å². The molecule has 2 unspecified atom stereocenters. The molecule has 1 saturated heterocycles. The highest BCUT2D eigenvalue weighted by molar-refractivity contribution is 6.62. The van der Waals surface area contributed by atoms with Crippen LogP contribution in [0.15, 0.2) is 12.1 Å². The van der Waals surface area contributed by atoms with E-state index >= 15 is 0 Å². The number of aliphatic hydroxyl groups excluding tert-OH is 1. The molecule has 0 spiro atoms. The van der Waals surface area contributed by atoms with Crippen LogP contribution < -0.4 is 10.8 Å². The lowest BCUT2D eigenvalue weighted by Crippen LogP contribution is -2.50. The van der Waals surface area contributed by atoms with Gasteiger partial charge in [-0.15, -0.1) is 0 Å². The number of aliphatic hydroxyl groups is 1. The number of aryl methyl sites for hydroxylation is 1. The summed E-state index contributed by atoms with van der Waals surface area (Å²) >= 11 is 0. The van der Waals surface area contributed by atoms with Gasteiger partial charge in [-0.3, -0.25) is 0 Å². The van der Waals surface area contributed by atoms with E-state index in [0.29, 0.717) is 0 Å². The highest BCUT2D eigenvalue weighted by Crippen LogP contribution is 2.41. The van der Waals surface area contributed by atoms with E-state index in [1.54, 1.807) is 0 Å². The minimum absolute atomic E-state index is 0.0531. The van der Waals surface area contributed by atoms with Crippen molar-refractivity contribution < 1.29 is 14.4 Å². The Labute approximate surface area is 146 Å². The third kappa shape index (κ3) is 2.58. The van der Waals surface area contributed by atoms with E-state index in [-0.39, 0.29) is 29.8 Å². The molecule has 0 aromatic heterocycles. The van der Waals surface area contributed by atoms with Crippen LogP contribution in [0.4, 0.5) is 5.69 Å². The fraction of sp³-hybridized carbons (Fsp3) is 0.684. The normalized spacial score (nSPS) is 30.0. The van der Waals surface area contributed by atoms with E-state index in [1.807, 2.05) is 13.8 Å². The number of rotatable bonds is 1. The summed E-state index contributed by atoms with van der Waals surface area (Å²) in [5.74, 6) is 0.0531. The van der Waals surface area contributed by atoms with E-state index in [0.717, 1.165) is 22.3 Å². The van der Waals surface area contributed by atoms with E-state index in [1.165, 1.54) is 0 Å². The van der Waals surface area contributed by atoms with Gasteiger partial charge >= 0.3 is 7.12 Å². The summed E-state index contributed by atoms with van der Waals surface area (Å²) in [4.78, 5) is 0. The maximum absolute atomic E-state index is 10.6. The first kappa shape index (κ1) is 17.8. The van der Waals surface area contributed by atoms with E-state index in [4.69, 9.17) is 9.31 Å². The van der Waals surface area contributed by atoms with Gasteiger partial charge in [0.2, 0.25) is 0 Å². The highest BCUT2D eigenvalue weighted by Gasteiger charge is 2.52. The van der Waals surface area contributed by atoms with Crippen LogP contribution in [0.3, 0.4) is 0 Å². The molecule has 0 amide bonds. The summed E-state index contributed by atoms with van der Waals surface area (Å²) in [6.07, 6.45) is -0.446. The fourth-order valence-electron chi connectivity index (χ4n) is 3.68. The average Bonchev–Trinajstić information content (AvgIpc) is 2.66. The predicted molar refractivity (Wildman–Crippen MR) is 99.0 cm³/mol.